The van der Waals surface area contributed by atoms with Crippen LogP contribution >= 0.6 is 0 Å². The molecule has 0 unspecified atom stereocenters. The van der Waals surface area contributed by atoms with Crippen LogP contribution in [0.25, 0.3) is 0 Å². The Morgan fingerprint density at radius 3 is 2.28 bits per heavy atom. The first-order valence-electron chi connectivity index (χ1n) is 7.97. The first-order valence-corrected chi connectivity index (χ1v) is 9.52. The van der Waals surface area contributed by atoms with Crippen LogP contribution in [0, 0.1) is 0 Å². The number of nitrogens with zero attached hydrogens (tertiary/aromatic N) is 1. The molecule has 2 aliphatic rings. The Balaban J connectivity index is 0.00000420. The van der Waals surface area contributed by atoms with Crippen LogP contribution in [-0.2, 0) is 38.5 Å². The molecule has 1 amide bonds. The number of β-lactam (4-membered cyclic amide) rings is 1. The molecule has 0 aromatic carbocycles. The van der Waals surface area contributed by atoms with E-state index in [1.54, 1.807) is 20.8 Å². The molecule has 0 radical (unpaired) electrons. The third kappa shape index (κ3) is 4.80. The smallest absolute Gasteiger partial charge is 0.543 e. The molecular formula is C17H18NNaO9S. The molecule has 0 spiro atoms. The number of ether oxygens (including phenoxy) is 2. The van der Waals surface area contributed by atoms with Gasteiger partial charge in [-0.2, -0.15) is 0 Å². The van der Waals surface area contributed by atoms with E-state index in [4.69, 9.17) is 4.74 Å². The van der Waals surface area contributed by atoms with E-state index in [1.165, 1.54) is 0 Å². The summed E-state index contributed by atoms with van der Waals surface area (Å²) in [4.78, 5) is 46.8. The normalized spacial score (nSPS) is 21.7. The summed E-state index contributed by atoms with van der Waals surface area (Å²) in [5, 5.41) is 9.81. The van der Waals surface area contributed by atoms with Crippen LogP contribution < -0.4 is 34.7 Å². The number of carbonyl (C=O) groups is 4. The number of esters is 2. The average Bonchev–Trinajstić information content (AvgIpc) is 2.51. The van der Waals surface area contributed by atoms with Gasteiger partial charge in [-0.3, -0.25) is 14.5 Å². The van der Waals surface area contributed by atoms with Gasteiger partial charge in [-0.15, -0.1) is 0 Å². The predicted molar refractivity (Wildman–Crippen MR) is 91.3 cm³/mol. The number of aliphatic carboxylic acids is 1. The van der Waals surface area contributed by atoms with Crippen molar-refractivity contribution in [1.82, 2.24) is 4.90 Å². The number of amides is 1. The molecule has 0 N–H and O–H groups in total. The van der Waals surface area contributed by atoms with Gasteiger partial charge in [0.2, 0.25) is 9.84 Å². The summed E-state index contributed by atoms with van der Waals surface area (Å²) in [6, 6.07) is 0. The molecule has 2 aliphatic heterocycles. The fourth-order valence-electron chi connectivity index (χ4n) is 2.67. The van der Waals surface area contributed by atoms with Gasteiger partial charge in [0, 0.05) is 18.6 Å². The second-order valence-corrected chi connectivity index (χ2v) is 9.05. The van der Waals surface area contributed by atoms with Crippen molar-refractivity contribution in [1.29, 1.82) is 0 Å². The summed E-state index contributed by atoms with van der Waals surface area (Å²) in [6.45, 7) is 8.42. The van der Waals surface area contributed by atoms with E-state index >= 15 is 0 Å². The van der Waals surface area contributed by atoms with Crippen LogP contribution in [0.4, 0.5) is 0 Å². The average molecular weight is 435 g/mol. The van der Waals surface area contributed by atoms with Gasteiger partial charge in [0.15, 0.2) is 5.37 Å². The van der Waals surface area contributed by atoms with E-state index in [9.17, 15) is 32.7 Å². The van der Waals surface area contributed by atoms with Crippen LogP contribution in [-0.4, -0.2) is 54.7 Å². The van der Waals surface area contributed by atoms with Crippen LogP contribution in [0.5, 0.6) is 0 Å². The van der Waals surface area contributed by atoms with Gasteiger partial charge >= 0.3 is 41.5 Å². The Hall–Kier alpha value is -1.95. The van der Waals surface area contributed by atoms with Gasteiger partial charge in [-0.05, 0) is 20.8 Å². The van der Waals surface area contributed by atoms with Crippen molar-refractivity contribution in [3.63, 3.8) is 0 Å². The van der Waals surface area contributed by atoms with Gasteiger partial charge < -0.3 is 19.4 Å². The first kappa shape index (κ1) is 25.1. The largest absolute Gasteiger partial charge is 1.00 e. The number of hydrogen-bond donors (Lipinski definition) is 0. The second-order valence-electron chi connectivity index (χ2n) is 7.02. The summed E-state index contributed by atoms with van der Waals surface area (Å²) in [5.74, 6) is -4.63. The van der Waals surface area contributed by atoms with Crippen molar-refractivity contribution in [3.05, 3.63) is 34.4 Å². The molecule has 0 saturated carbocycles. The molecule has 0 aromatic rings. The summed E-state index contributed by atoms with van der Waals surface area (Å²) in [7, 11) is -4.34. The summed E-state index contributed by atoms with van der Waals surface area (Å²) in [5.41, 5.74) is -2.60. The van der Waals surface area contributed by atoms with Crippen molar-refractivity contribution in [2.24, 2.45) is 0 Å². The number of rotatable bonds is 4. The van der Waals surface area contributed by atoms with Crippen molar-refractivity contribution in [3.8, 4) is 0 Å². The molecule has 2 rings (SSSR count). The second kappa shape index (κ2) is 8.42. The van der Waals surface area contributed by atoms with Crippen LogP contribution in [0.1, 0.15) is 27.7 Å². The quantitative estimate of drug-likeness (QED) is 0.186. The Morgan fingerprint density at radius 1 is 1.28 bits per heavy atom. The minimum atomic E-state index is -4.34. The van der Waals surface area contributed by atoms with Crippen molar-refractivity contribution >= 4 is 33.7 Å². The van der Waals surface area contributed by atoms with Crippen molar-refractivity contribution < 1.29 is 71.7 Å². The third-order valence-corrected chi connectivity index (χ3v) is 5.75. The first-order chi connectivity index (χ1) is 12.7. The van der Waals surface area contributed by atoms with E-state index < -0.39 is 73.0 Å². The number of carboxylic acids is 1. The number of sulfone groups is 1. The molecule has 0 aromatic heterocycles. The van der Waals surface area contributed by atoms with Crippen LogP contribution in [0.2, 0.25) is 0 Å². The zero-order valence-electron chi connectivity index (χ0n) is 16.6. The van der Waals surface area contributed by atoms with Gasteiger partial charge in [-0.25, -0.2) is 13.2 Å². The Bertz CT molecular complexity index is 969. The van der Waals surface area contributed by atoms with Crippen LogP contribution in [0.3, 0.4) is 0 Å². The number of carbonyl (C=O) groups excluding carboxylic acids is 4. The molecule has 1 atom stereocenters. The standard InChI is InChI=1S/C17H19NO9S.Na/c1-8-11(7-26-9(2)19)13(16(22)23)18-14(21)10(15(18)28(8,24)25)6-12(20)27-17(3,4)5;/h6,15H,1,7H2,2-5H3,(H,22,23);/q;+1/p-1/b10-6-;/t15-;/m1./s1. The molecule has 10 nitrogen and oxygen atoms in total. The minimum absolute atomic E-state index is 0. The topological polar surface area (TPSA) is 147 Å². The molecule has 0 bridgehead atoms. The molecule has 12 heteroatoms. The van der Waals surface area contributed by atoms with E-state index in [0.717, 1.165) is 6.92 Å². The molecule has 1 saturated heterocycles. The van der Waals surface area contributed by atoms with Gasteiger partial charge in [0.1, 0.15) is 12.2 Å². The van der Waals surface area contributed by atoms with E-state index in [-0.39, 0.29) is 29.6 Å². The zero-order valence-corrected chi connectivity index (χ0v) is 19.4. The monoisotopic (exact) mass is 435 g/mol. The Labute approximate surface area is 189 Å². The van der Waals surface area contributed by atoms with Crippen LogP contribution in [0.15, 0.2) is 34.4 Å². The third-order valence-electron chi connectivity index (χ3n) is 3.76. The predicted octanol–water partition coefficient (Wildman–Crippen LogP) is -4.06. The van der Waals surface area contributed by atoms with E-state index in [2.05, 4.69) is 11.3 Å². The van der Waals surface area contributed by atoms with Gasteiger partial charge in [-0.1, -0.05) is 6.58 Å². The van der Waals surface area contributed by atoms with Gasteiger partial charge in [0.25, 0.3) is 5.91 Å². The number of carboxylic acid groups (broad SMARTS) is 1. The molecule has 152 valence electrons. The maximum absolute atomic E-state index is 12.7. The zero-order chi connectivity index (χ0) is 21.6. The SMILES string of the molecule is C=C1C(COC(C)=O)=C(C(=O)[O-])N2C(=O)/C(=C/C(=O)OC(C)(C)C)[C@H]2S1(=O)=O.[Na+]. The molecule has 2 heterocycles. The Kier molecular flexibility index (Phi) is 7.29. The van der Waals surface area contributed by atoms with Crippen molar-refractivity contribution in [2.45, 2.75) is 38.7 Å². The molecule has 29 heavy (non-hydrogen) atoms. The Morgan fingerprint density at radius 2 is 1.83 bits per heavy atom. The maximum atomic E-state index is 12.7. The van der Waals surface area contributed by atoms with E-state index in [0.29, 0.717) is 11.0 Å². The van der Waals surface area contributed by atoms with Gasteiger partial charge in [0.05, 0.1) is 22.1 Å². The summed E-state index contributed by atoms with van der Waals surface area (Å²) in [6.07, 6.45) is 0.712. The number of hydrogen-bond acceptors (Lipinski definition) is 9. The summed E-state index contributed by atoms with van der Waals surface area (Å²) < 4.78 is 35.2. The fraction of sp³-hybridized carbons (Fsp3) is 0.412. The summed E-state index contributed by atoms with van der Waals surface area (Å²) >= 11 is 0. The molecular weight excluding hydrogens is 417 g/mol. The minimum Gasteiger partial charge on any atom is -0.543 e. The molecule has 0 aliphatic carbocycles. The molecule has 1 fully saturated rings. The van der Waals surface area contributed by atoms with Crippen molar-refractivity contribution in [2.75, 3.05) is 6.61 Å². The van der Waals surface area contributed by atoms with E-state index in [1.807, 2.05) is 0 Å². The maximum Gasteiger partial charge on any atom is 1.00 e. The fourth-order valence-corrected chi connectivity index (χ4v) is 4.42. The number of fused-ring (bicyclic) bond motifs is 1.